The molecule has 0 saturated carbocycles. The van der Waals surface area contributed by atoms with Crippen LogP contribution < -0.4 is 0 Å². The Balaban J connectivity index is 0.000000438. The Kier molecular flexibility index (Phi) is 8.11. The van der Waals surface area contributed by atoms with E-state index in [1.807, 2.05) is 24.3 Å². The lowest BCUT2D eigenvalue weighted by Crippen LogP contribution is -2.48. The first-order valence-corrected chi connectivity index (χ1v) is 9.12. The number of carboxylic acid groups (broad SMARTS) is 2. The highest BCUT2D eigenvalue weighted by Gasteiger charge is 2.22. The van der Waals surface area contributed by atoms with Crippen molar-refractivity contribution in [2.75, 3.05) is 26.2 Å². The molecule has 0 bridgehead atoms. The molecule has 0 spiro atoms. The lowest BCUT2D eigenvalue weighted by Gasteiger charge is -2.34. The molecule has 2 aromatic rings. The fourth-order valence-corrected chi connectivity index (χ4v) is 2.89. The van der Waals surface area contributed by atoms with Crippen LogP contribution in [0, 0.1) is 5.82 Å². The average Bonchev–Trinajstić information content (AvgIpc) is 2.70. The van der Waals surface area contributed by atoms with Crippen molar-refractivity contribution in [1.29, 1.82) is 0 Å². The second-order valence-electron chi connectivity index (χ2n) is 6.32. The van der Waals surface area contributed by atoms with Gasteiger partial charge in [0.05, 0.1) is 0 Å². The van der Waals surface area contributed by atoms with Gasteiger partial charge >= 0.3 is 11.9 Å². The van der Waals surface area contributed by atoms with Crippen molar-refractivity contribution in [1.82, 2.24) is 9.80 Å². The molecule has 0 aliphatic carbocycles. The fraction of sp³-hybridized carbons (Fsp3) is 0.250. The summed E-state index contributed by atoms with van der Waals surface area (Å²) in [6, 6.07) is 13.7. The third-order valence-corrected chi connectivity index (χ3v) is 4.49. The quantitative estimate of drug-likeness (QED) is 0.738. The molecule has 2 N–H and O–H groups in total. The molecule has 0 atom stereocenters. The van der Waals surface area contributed by atoms with Crippen LogP contribution in [0.1, 0.15) is 15.9 Å². The van der Waals surface area contributed by atoms with E-state index in [0.717, 1.165) is 24.7 Å². The normalized spacial score (nSPS) is 13.9. The Morgan fingerprint density at radius 1 is 0.931 bits per heavy atom. The summed E-state index contributed by atoms with van der Waals surface area (Å²) >= 11 is 5.89. The largest absolute Gasteiger partial charge is 0.473 e. The van der Waals surface area contributed by atoms with E-state index in [1.54, 1.807) is 17.0 Å². The minimum atomic E-state index is -1.82. The van der Waals surface area contributed by atoms with Crippen LogP contribution in [0.5, 0.6) is 0 Å². The van der Waals surface area contributed by atoms with Crippen molar-refractivity contribution in [3.8, 4) is 0 Å². The second kappa shape index (κ2) is 10.5. The second-order valence-corrected chi connectivity index (χ2v) is 6.75. The van der Waals surface area contributed by atoms with Crippen LogP contribution in [0.4, 0.5) is 4.39 Å². The van der Waals surface area contributed by atoms with Gasteiger partial charge in [0.1, 0.15) is 5.82 Å². The molecule has 29 heavy (non-hydrogen) atoms. The van der Waals surface area contributed by atoms with Gasteiger partial charge in [0.15, 0.2) is 0 Å². The predicted octanol–water partition coefficient (Wildman–Crippen LogP) is 2.59. The van der Waals surface area contributed by atoms with Gasteiger partial charge in [-0.3, -0.25) is 9.69 Å². The Hall–Kier alpha value is -2.97. The fourth-order valence-electron chi connectivity index (χ4n) is 2.76. The van der Waals surface area contributed by atoms with Crippen molar-refractivity contribution in [2.45, 2.75) is 6.54 Å². The number of carboxylic acids is 2. The third-order valence-electron chi connectivity index (χ3n) is 4.23. The van der Waals surface area contributed by atoms with E-state index in [4.69, 9.17) is 31.4 Å². The molecule has 0 aromatic heterocycles. The van der Waals surface area contributed by atoms with Gasteiger partial charge in [-0.1, -0.05) is 29.8 Å². The predicted molar refractivity (Wildman–Crippen MR) is 104 cm³/mol. The standard InChI is InChI=1S/C18H18ClFN2O.C2H2O4/c19-16-6-4-14(5-7-16)13-21-8-10-22(11-9-21)18(23)15-2-1-3-17(20)12-15;3-1(4)2(5)6/h1-7,12H,8-11,13H2;(H,3,4)(H,5,6). The maximum absolute atomic E-state index is 13.2. The summed E-state index contributed by atoms with van der Waals surface area (Å²) in [7, 11) is 0. The van der Waals surface area contributed by atoms with Crippen LogP contribution in [-0.4, -0.2) is 64.0 Å². The van der Waals surface area contributed by atoms with Gasteiger partial charge in [0, 0.05) is 43.3 Å². The smallest absolute Gasteiger partial charge is 0.414 e. The molecule has 0 radical (unpaired) electrons. The molecule has 9 heteroatoms. The number of rotatable bonds is 3. The van der Waals surface area contributed by atoms with Crippen LogP contribution in [-0.2, 0) is 16.1 Å². The van der Waals surface area contributed by atoms with Crippen LogP contribution in [0.25, 0.3) is 0 Å². The van der Waals surface area contributed by atoms with Gasteiger partial charge in [0.2, 0.25) is 0 Å². The van der Waals surface area contributed by atoms with Gasteiger partial charge < -0.3 is 15.1 Å². The first-order valence-electron chi connectivity index (χ1n) is 8.74. The average molecular weight is 423 g/mol. The zero-order chi connectivity index (χ0) is 21.4. The molecule has 1 fully saturated rings. The molecule has 1 amide bonds. The molecule has 154 valence electrons. The highest BCUT2D eigenvalue weighted by molar-refractivity contribution is 6.30. The van der Waals surface area contributed by atoms with Gasteiger partial charge in [0.25, 0.3) is 5.91 Å². The molecule has 0 unspecified atom stereocenters. The summed E-state index contributed by atoms with van der Waals surface area (Å²) in [5.74, 6) is -4.13. The van der Waals surface area contributed by atoms with E-state index < -0.39 is 11.9 Å². The van der Waals surface area contributed by atoms with Crippen LogP contribution in [0.3, 0.4) is 0 Å². The molecule has 1 heterocycles. The Labute approximate surface area is 171 Å². The monoisotopic (exact) mass is 422 g/mol. The van der Waals surface area contributed by atoms with Gasteiger partial charge in [-0.2, -0.15) is 0 Å². The zero-order valence-electron chi connectivity index (χ0n) is 15.4. The lowest BCUT2D eigenvalue weighted by atomic mass is 10.1. The number of carbonyl (C=O) groups is 3. The first-order chi connectivity index (χ1) is 13.8. The molecule has 2 aromatic carbocycles. The summed E-state index contributed by atoms with van der Waals surface area (Å²) in [6.45, 7) is 3.78. The molecule has 3 rings (SSSR count). The minimum Gasteiger partial charge on any atom is -0.473 e. The number of nitrogens with zero attached hydrogens (tertiary/aromatic N) is 2. The van der Waals surface area contributed by atoms with Crippen LogP contribution in [0.2, 0.25) is 5.02 Å². The van der Waals surface area contributed by atoms with Crippen molar-refractivity contribution in [3.63, 3.8) is 0 Å². The van der Waals surface area contributed by atoms with Crippen molar-refractivity contribution >= 4 is 29.4 Å². The van der Waals surface area contributed by atoms with Crippen molar-refractivity contribution in [2.24, 2.45) is 0 Å². The van der Waals surface area contributed by atoms with E-state index in [1.165, 1.54) is 17.7 Å². The molecule has 1 saturated heterocycles. The lowest BCUT2D eigenvalue weighted by molar-refractivity contribution is -0.159. The highest BCUT2D eigenvalue weighted by atomic mass is 35.5. The Morgan fingerprint density at radius 2 is 1.52 bits per heavy atom. The summed E-state index contributed by atoms with van der Waals surface area (Å²) in [4.78, 5) is 34.7. The number of hydrogen-bond acceptors (Lipinski definition) is 4. The molecule has 7 nitrogen and oxygen atoms in total. The van der Waals surface area contributed by atoms with E-state index >= 15 is 0 Å². The van der Waals surface area contributed by atoms with Gasteiger partial charge in [-0.05, 0) is 35.9 Å². The van der Waals surface area contributed by atoms with Crippen molar-refractivity contribution < 1.29 is 29.0 Å². The van der Waals surface area contributed by atoms with E-state index in [9.17, 15) is 9.18 Å². The summed E-state index contributed by atoms with van der Waals surface area (Å²) < 4.78 is 13.2. The maximum Gasteiger partial charge on any atom is 0.414 e. The number of halogens is 2. The zero-order valence-corrected chi connectivity index (χ0v) is 16.2. The number of aliphatic carboxylic acids is 2. The number of amides is 1. The Bertz CT molecular complexity index is 855. The number of piperazine rings is 1. The van der Waals surface area contributed by atoms with Crippen LogP contribution >= 0.6 is 11.6 Å². The molecular weight excluding hydrogens is 403 g/mol. The number of carbonyl (C=O) groups excluding carboxylic acids is 1. The third kappa shape index (κ3) is 7.17. The maximum atomic E-state index is 13.2. The van der Waals surface area contributed by atoms with Crippen molar-refractivity contribution in [3.05, 3.63) is 70.5 Å². The summed E-state index contributed by atoms with van der Waals surface area (Å²) in [6.07, 6.45) is 0. The molecule has 1 aliphatic heterocycles. The minimum absolute atomic E-state index is 0.101. The first kappa shape index (κ1) is 22.3. The summed E-state index contributed by atoms with van der Waals surface area (Å²) in [5.41, 5.74) is 1.62. The van der Waals surface area contributed by atoms with E-state index in [-0.39, 0.29) is 11.7 Å². The summed E-state index contributed by atoms with van der Waals surface area (Å²) in [5, 5.41) is 15.5. The number of benzene rings is 2. The number of hydrogen-bond donors (Lipinski definition) is 2. The SMILES string of the molecule is O=C(O)C(=O)O.O=C(c1cccc(F)c1)N1CCN(Cc2ccc(Cl)cc2)CC1. The van der Waals surface area contributed by atoms with Crippen LogP contribution in [0.15, 0.2) is 48.5 Å². The topological polar surface area (TPSA) is 98.1 Å². The van der Waals surface area contributed by atoms with Gasteiger partial charge in [-0.15, -0.1) is 0 Å². The van der Waals surface area contributed by atoms with E-state index in [2.05, 4.69) is 4.90 Å². The van der Waals surface area contributed by atoms with E-state index in [0.29, 0.717) is 18.7 Å². The molecule has 1 aliphatic rings. The highest BCUT2D eigenvalue weighted by Crippen LogP contribution is 2.14. The van der Waals surface area contributed by atoms with Gasteiger partial charge in [-0.25, -0.2) is 14.0 Å². The molecular formula is C20H20ClFN2O5. The Morgan fingerprint density at radius 3 is 2.03 bits per heavy atom.